The van der Waals surface area contributed by atoms with Gasteiger partial charge in [-0.1, -0.05) is 18.2 Å². The molecule has 9 heteroatoms. The molecule has 2 N–H and O–H groups in total. The second-order valence-corrected chi connectivity index (χ2v) is 9.22. The first kappa shape index (κ1) is 24.3. The Morgan fingerprint density at radius 3 is 2.37 bits per heavy atom. The first-order chi connectivity index (χ1) is 17.0. The van der Waals surface area contributed by atoms with E-state index in [2.05, 4.69) is 15.6 Å². The van der Waals surface area contributed by atoms with Gasteiger partial charge in [-0.3, -0.25) is 9.59 Å². The van der Waals surface area contributed by atoms with Crippen molar-refractivity contribution in [1.29, 1.82) is 0 Å². The molecule has 0 aliphatic heterocycles. The molecule has 1 aromatic heterocycles. The van der Waals surface area contributed by atoms with E-state index < -0.39 is 0 Å². The molecule has 0 radical (unpaired) electrons. The van der Waals surface area contributed by atoms with E-state index in [4.69, 9.17) is 9.47 Å². The third-order valence-corrected chi connectivity index (χ3v) is 6.70. The molecule has 0 spiro atoms. The van der Waals surface area contributed by atoms with Gasteiger partial charge < -0.3 is 20.1 Å². The molecule has 0 saturated heterocycles. The highest BCUT2D eigenvalue weighted by molar-refractivity contribution is 8.00. The van der Waals surface area contributed by atoms with Crippen molar-refractivity contribution in [3.05, 3.63) is 83.7 Å². The number of nitrogens with one attached hydrogen (secondary N) is 2. The number of rotatable bonds is 9. The van der Waals surface area contributed by atoms with E-state index in [-0.39, 0.29) is 17.6 Å². The molecular formula is C26H23N3O4S2. The molecule has 178 valence electrons. The lowest BCUT2D eigenvalue weighted by Gasteiger charge is -2.08. The molecule has 0 bridgehead atoms. The van der Waals surface area contributed by atoms with Gasteiger partial charge in [-0.05, 0) is 54.6 Å². The minimum Gasteiger partial charge on any atom is -0.497 e. The number of hydrogen-bond donors (Lipinski definition) is 2. The number of anilines is 2. The Kier molecular flexibility index (Phi) is 8.02. The van der Waals surface area contributed by atoms with Crippen molar-refractivity contribution >= 4 is 45.7 Å². The van der Waals surface area contributed by atoms with Crippen molar-refractivity contribution in [3.63, 3.8) is 0 Å². The molecule has 2 amide bonds. The van der Waals surface area contributed by atoms with Crippen LogP contribution >= 0.6 is 23.1 Å². The second kappa shape index (κ2) is 11.5. The summed E-state index contributed by atoms with van der Waals surface area (Å²) in [5.74, 6) is 1.25. The topological polar surface area (TPSA) is 89.5 Å². The van der Waals surface area contributed by atoms with E-state index in [0.29, 0.717) is 22.1 Å². The van der Waals surface area contributed by atoms with Crippen LogP contribution in [0, 0.1) is 0 Å². The zero-order valence-corrected chi connectivity index (χ0v) is 20.7. The number of carbonyl (C=O) groups is 2. The number of ether oxygens (including phenoxy) is 2. The summed E-state index contributed by atoms with van der Waals surface area (Å²) in [5, 5.41) is 8.15. The van der Waals surface area contributed by atoms with Crippen molar-refractivity contribution in [3.8, 4) is 22.8 Å². The summed E-state index contributed by atoms with van der Waals surface area (Å²) >= 11 is 2.78. The van der Waals surface area contributed by atoms with E-state index in [1.807, 2.05) is 41.8 Å². The molecule has 0 aliphatic carbocycles. The summed E-state index contributed by atoms with van der Waals surface area (Å²) in [7, 11) is 3.18. The minimum absolute atomic E-state index is 0.142. The SMILES string of the molecule is COc1cccc(C(=O)Nc2ccc(SCC(=O)Nc3nc(-c4cccc(OC)c4)cs3)cc2)c1. The number of aromatic nitrogens is 1. The standard InChI is InChI=1S/C26H23N3O4S2/c1-32-20-7-3-5-17(13-20)23-15-35-26(28-23)29-24(30)16-34-22-11-9-19(10-12-22)27-25(31)18-6-4-8-21(14-18)33-2/h3-15H,16H2,1-2H3,(H,27,31)(H,28,29,30). The van der Waals surface area contributed by atoms with Crippen molar-refractivity contribution in [1.82, 2.24) is 4.98 Å². The van der Waals surface area contributed by atoms with Crippen LogP contribution in [0.2, 0.25) is 0 Å². The fourth-order valence-electron chi connectivity index (χ4n) is 3.15. The highest BCUT2D eigenvalue weighted by Crippen LogP contribution is 2.28. The summed E-state index contributed by atoms with van der Waals surface area (Å²) in [6.07, 6.45) is 0. The van der Waals surface area contributed by atoms with Crippen molar-refractivity contribution < 1.29 is 19.1 Å². The Labute approximate surface area is 211 Å². The normalized spacial score (nSPS) is 10.5. The number of hydrogen-bond acceptors (Lipinski definition) is 7. The molecule has 4 rings (SSSR count). The van der Waals surface area contributed by atoms with E-state index in [1.54, 1.807) is 50.6 Å². The summed E-state index contributed by atoms with van der Waals surface area (Å²) in [6, 6.07) is 21.9. The molecule has 0 fully saturated rings. The molecule has 7 nitrogen and oxygen atoms in total. The first-order valence-electron chi connectivity index (χ1n) is 10.6. The lowest BCUT2D eigenvalue weighted by atomic mass is 10.2. The van der Waals surface area contributed by atoms with E-state index in [1.165, 1.54) is 23.1 Å². The number of methoxy groups -OCH3 is 2. The van der Waals surface area contributed by atoms with E-state index in [0.717, 1.165) is 21.9 Å². The Balaban J connectivity index is 1.28. The van der Waals surface area contributed by atoms with E-state index >= 15 is 0 Å². The molecule has 0 atom stereocenters. The van der Waals surface area contributed by atoms with Crippen molar-refractivity contribution in [2.24, 2.45) is 0 Å². The van der Waals surface area contributed by atoms with Crippen LogP contribution < -0.4 is 20.1 Å². The maximum absolute atomic E-state index is 12.4. The van der Waals surface area contributed by atoms with Crippen LogP contribution in [0.1, 0.15) is 10.4 Å². The fraction of sp³-hybridized carbons (Fsp3) is 0.115. The van der Waals surface area contributed by atoms with Gasteiger partial charge in [-0.15, -0.1) is 23.1 Å². The number of amides is 2. The van der Waals surface area contributed by atoms with Crippen LogP contribution in [-0.4, -0.2) is 36.8 Å². The van der Waals surface area contributed by atoms with Crippen LogP contribution in [0.3, 0.4) is 0 Å². The summed E-state index contributed by atoms with van der Waals surface area (Å²) in [6.45, 7) is 0. The van der Waals surface area contributed by atoms with Crippen LogP contribution in [0.5, 0.6) is 11.5 Å². The molecule has 4 aromatic rings. The number of nitrogens with zero attached hydrogens (tertiary/aromatic N) is 1. The Bertz CT molecular complexity index is 1320. The molecule has 0 unspecified atom stereocenters. The Morgan fingerprint density at radius 2 is 1.63 bits per heavy atom. The van der Waals surface area contributed by atoms with Crippen molar-refractivity contribution in [2.45, 2.75) is 4.90 Å². The average molecular weight is 506 g/mol. The minimum atomic E-state index is -0.222. The van der Waals surface area contributed by atoms with Gasteiger partial charge in [0.25, 0.3) is 5.91 Å². The maximum atomic E-state index is 12.4. The first-order valence-corrected chi connectivity index (χ1v) is 12.5. The maximum Gasteiger partial charge on any atom is 0.255 e. The molecule has 1 heterocycles. The third kappa shape index (κ3) is 6.62. The number of thiazole rings is 1. The number of benzene rings is 3. The zero-order chi connectivity index (χ0) is 24.6. The van der Waals surface area contributed by atoms with Crippen LogP contribution in [0.15, 0.2) is 83.1 Å². The van der Waals surface area contributed by atoms with Gasteiger partial charge in [0.2, 0.25) is 5.91 Å². The number of thioether (sulfide) groups is 1. The summed E-state index contributed by atoms with van der Waals surface area (Å²) in [4.78, 5) is 30.3. The van der Waals surface area contributed by atoms with Gasteiger partial charge in [0.05, 0.1) is 25.7 Å². The quantitative estimate of drug-likeness (QED) is 0.279. The predicted octanol–water partition coefficient (Wildman–Crippen LogP) is 5.81. The van der Waals surface area contributed by atoms with E-state index in [9.17, 15) is 9.59 Å². The molecule has 35 heavy (non-hydrogen) atoms. The van der Waals surface area contributed by atoms with Crippen LogP contribution in [-0.2, 0) is 4.79 Å². The number of carbonyl (C=O) groups excluding carboxylic acids is 2. The average Bonchev–Trinajstić information content (AvgIpc) is 3.36. The lowest BCUT2D eigenvalue weighted by molar-refractivity contribution is -0.113. The summed E-state index contributed by atoms with van der Waals surface area (Å²) in [5.41, 5.74) is 2.88. The van der Waals surface area contributed by atoms with Gasteiger partial charge in [0.15, 0.2) is 5.13 Å². The molecule has 3 aromatic carbocycles. The highest BCUT2D eigenvalue weighted by Gasteiger charge is 2.10. The molecule has 0 saturated carbocycles. The largest absolute Gasteiger partial charge is 0.497 e. The lowest BCUT2D eigenvalue weighted by Crippen LogP contribution is -2.13. The van der Waals surface area contributed by atoms with Gasteiger partial charge in [-0.25, -0.2) is 4.98 Å². The Morgan fingerprint density at radius 1 is 0.914 bits per heavy atom. The Hall–Kier alpha value is -3.82. The highest BCUT2D eigenvalue weighted by atomic mass is 32.2. The van der Waals surface area contributed by atoms with Gasteiger partial charge in [-0.2, -0.15) is 0 Å². The smallest absolute Gasteiger partial charge is 0.255 e. The second-order valence-electron chi connectivity index (χ2n) is 7.32. The fourth-order valence-corrected chi connectivity index (χ4v) is 4.59. The molecule has 0 aliphatic rings. The van der Waals surface area contributed by atoms with Crippen molar-refractivity contribution in [2.75, 3.05) is 30.6 Å². The van der Waals surface area contributed by atoms with Crippen LogP contribution in [0.4, 0.5) is 10.8 Å². The third-order valence-electron chi connectivity index (χ3n) is 4.93. The monoisotopic (exact) mass is 505 g/mol. The van der Waals surface area contributed by atoms with Gasteiger partial charge in [0, 0.05) is 27.1 Å². The predicted molar refractivity (Wildman–Crippen MR) is 141 cm³/mol. The zero-order valence-electron chi connectivity index (χ0n) is 19.1. The molecular weight excluding hydrogens is 482 g/mol. The van der Waals surface area contributed by atoms with Gasteiger partial charge >= 0.3 is 0 Å². The van der Waals surface area contributed by atoms with Crippen LogP contribution in [0.25, 0.3) is 11.3 Å². The van der Waals surface area contributed by atoms with Gasteiger partial charge in [0.1, 0.15) is 11.5 Å². The summed E-state index contributed by atoms with van der Waals surface area (Å²) < 4.78 is 10.4.